The van der Waals surface area contributed by atoms with Gasteiger partial charge in [0.25, 0.3) is 6.43 Å². The van der Waals surface area contributed by atoms with Gasteiger partial charge < -0.3 is 4.74 Å². The van der Waals surface area contributed by atoms with Gasteiger partial charge in [-0.15, -0.1) is 0 Å². The first kappa shape index (κ1) is 11.6. The highest BCUT2D eigenvalue weighted by atomic mass is 19.3. The van der Waals surface area contributed by atoms with Crippen molar-refractivity contribution in [2.45, 2.75) is 20.3 Å². The highest BCUT2D eigenvalue weighted by molar-refractivity contribution is 5.94. The molecule has 0 atom stereocenters. The molecule has 0 radical (unpaired) electrons. The van der Waals surface area contributed by atoms with Gasteiger partial charge in [-0.25, -0.2) is 8.78 Å². The molecule has 0 fully saturated rings. The van der Waals surface area contributed by atoms with Crippen molar-refractivity contribution in [2.75, 3.05) is 7.11 Å². The van der Waals surface area contributed by atoms with Gasteiger partial charge in [0.15, 0.2) is 5.78 Å². The van der Waals surface area contributed by atoms with Gasteiger partial charge in [0.05, 0.1) is 12.7 Å². The smallest absolute Gasteiger partial charge is 0.267 e. The number of ether oxygens (including phenoxy) is 1. The number of carbonyl (C=O) groups is 1. The number of halogens is 2. The van der Waals surface area contributed by atoms with E-state index in [0.29, 0.717) is 5.56 Å². The van der Waals surface area contributed by atoms with E-state index >= 15 is 0 Å². The molecule has 0 N–H and O–H groups in total. The summed E-state index contributed by atoms with van der Waals surface area (Å²) in [6.07, 6.45) is -2.64. The Kier molecular flexibility index (Phi) is 3.39. The summed E-state index contributed by atoms with van der Waals surface area (Å²) >= 11 is 0. The fourth-order valence-corrected chi connectivity index (χ4v) is 1.45. The van der Waals surface area contributed by atoms with Crippen molar-refractivity contribution in [3.05, 3.63) is 28.8 Å². The van der Waals surface area contributed by atoms with Crippen LogP contribution in [0.4, 0.5) is 8.78 Å². The minimum atomic E-state index is -2.64. The molecule has 0 aliphatic rings. The van der Waals surface area contributed by atoms with Crippen molar-refractivity contribution < 1.29 is 18.3 Å². The summed E-state index contributed by atoms with van der Waals surface area (Å²) in [4.78, 5) is 11.1. The Balaban J connectivity index is 3.38. The van der Waals surface area contributed by atoms with E-state index < -0.39 is 6.43 Å². The predicted molar refractivity (Wildman–Crippen MR) is 52.7 cm³/mol. The minimum Gasteiger partial charge on any atom is -0.496 e. The monoisotopic (exact) mass is 214 g/mol. The second-order valence-electron chi connectivity index (χ2n) is 3.27. The summed E-state index contributed by atoms with van der Waals surface area (Å²) in [5, 5.41) is 0. The van der Waals surface area contributed by atoms with Gasteiger partial charge in [-0.3, -0.25) is 4.79 Å². The Morgan fingerprint density at radius 3 is 2.40 bits per heavy atom. The average Bonchev–Trinajstić information content (AvgIpc) is 2.16. The van der Waals surface area contributed by atoms with Crippen LogP contribution in [0.1, 0.15) is 34.8 Å². The number of hydrogen-bond donors (Lipinski definition) is 0. The Bertz CT molecular complexity index is 386. The van der Waals surface area contributed by atoms with Crippen molar-refractivity contribution >= 4 is 5.78 Å². The van der Waals surface area contributed by atoms with Gasteiger partial charge in [0, 0.05) is 5.56 Å². The molecule has 0 bridgehead atoms. The third kappa shape index (κ3) is 2.32. The minimum absolute atomic E-state index is 0.148. The lowest BCUT2D eigenvalue weighted by atomic mass is 10.0. The number of alkyl halides is 2. The van der Waals surface area contributed by atoms with Gasteiger partial charge in [0.1, 0.15) is 5.75 Å². The average molecular weight is 214 g/mol. The van der Waals surface area contributed by atoms with Gasteiger partial charge in [-0.05, 0) is 31.5 Å². The van der Waals surface area contributed by atoms with E-state index in [4.69, 9.17) is 4.74 Å². The number of methoxy groups -OCH3 is 1. The molecule has 2 nitrogen and oxygen atoms in total. The van der Waals surface area contributed by atoms with Crippen LogP contribution in [0.2, 0.25) is 0 Å². The highest BCUT2D eigenvalue weighted by Crippen LogP contribution is 2.33. The van der Waals surface area contributed by atoms with Crippen LogP contribution in [0.25, 0.3) is 0 Å². The molecule has 0 spiro atoms. The standard InChI is InChI=1S/C11H12F2O2/c1-6-4-8(7(2)14)5-9(11(12)13)10(6)15-3/h4-5,11H,1-3H3. The lowest BCUT2D eigenvalue weighted by Crippen LogP contribution is -2.00. The maximum absolute atomic E-state index is 12.6. The third-order valence-electron chi connectivity index (χ3n) is 2.15. The zero-order valence-corrected chi connectivity index (χ0v) is 8.80. The first-order valence-corrected chi connectivity index (χ1v) is 4.45. The van der Waals surface area contributed by atoms with Gasteiger partial charge in [0.2, 0.25) is 0 Å². The van der Waals surface area contributed by atoms with Crippen LogP contribution in [0.3, 0.4) is 0 Å². The summed E-state index contributed by atoms with van der Waals surface area (Å²) in [6, 6.07) is 2.73. The van der Waals surface area contributed by atoms with E-state index in [0.717, 1.165) is 0 Å². The van der Waals surface area contributed by atoms with Crippen LogP contribution >= 0.6 is 0 Å². The molecule has 0 amide bonds. The number of ketones is 1. The van der Waals surface area contributed by atoms with Crippen LogP contribution in [-0.4, -0.2) is 12.9 Å². The Labute approximate surface area is 86.9 Å². The largest absolute Gasteiger partial charge is 0.496 e. The number of hydrogen-bond acceptors (Lipinski definition) is 2. The van der Waals surface area contributed by atoms with Crippen molar-refractivity contribution in [3.63, 3.8) is 0 Å². The summed E-state index contributed by atoms with van der Waals surface area (Å²) in [6.45, 7) is 2.98. The fraction of sp³-hybridized carbons (Fsp3) is 0.364. The zero-order chi connectivity index (χ0) is 11.6. The summed E-state index contributed by atoms with van der Waals surface area (Å²) < 4.78 is 30.2. The second-order valence-corrected chi connectivity index (χ2v) is 3.27. The molecule has 0 saturated heterocycles. The molecule has 0 unspecified atom stereocenters. The van der Waals surface area contributed by atoms with Crippen LogP contribution in [-0.2, 0) is 0 Å². The summed E-state index contributed by atoms with van der Waals surface area (Å²) in [7, 11) is 1.33. The first-order chi connectivity index (χ1) is 6.97. The topological polar surface area (TPSA) is 26.3 Å². The first-order valence-electron chi connectivity index (χ1n) is 4.45. The molecule has 1 rings (SSSR count). The molecular formula is C11H12F2O2. The van der Waals surface area contributed by atoms with E-state index in [2.05, 4.69) is 0 Å². The quantitative estimate of drug-likeness (QED) is 0.722. The second kappa shape index (κ2) is 4.38. The maximum atomic E-state index is 12.6. The van der Waals surface area contributed by atoms with Crippen molar-refractivity contribution in [1.29, 1.82) is 0 Å². The van der Waals surface area contributed by atoms with E-state index in [1.54, 1.807) is 13.0 Å². The molecule has 0 heterocycles. The van der Waals surface area contributed by atoms with Crippen molar-refractivity contribution in [3.8, 4) is 5.75 Å². The molecule has 82 valence electrons. The van der Waals surface area contributed by atoms with Gasteiger partial charge in [-0.2, -0.15) is 0 Å². The Hall–Kier alpha value is -1.45. The molecular weight excluding hydrogens is 202 g/mol. The Morgan fingerprint density at radius 1 is 1.40 bits per heavy atom. The van der Waals surface area contributed by atoms with E-state index in [1.165, 1.54) is 20.1 Å². The zero-order valence-electron chi connectivity index (χ0n) is 8.80. The Morgan fingerprint density at radius 2 is 2.00 bits per heavy atom. The lowest BCUT2D eigenvalue weighted by molar-refractivity contribution is 0.101. The van der Waals surface area contributed by atoms with E-state index in [9.17, 15) is 13.6 Å². The third-order valence-corrected chi connectivity index (χ3v) is 2.15. The number of rotatable bonds is 3. The fourth-order valence-electron chi connectivity index (χ4n) is 1.45. The van der Waals surface area contributed by atoms with Crippen molar-refractivity contribution in [1.82, 2.24) is 0 Å². The van der Waals surface area contributed by atoms with E-state index in [-0.39, 0.29) is 22.7 Å². The molecule has 0 aliphatic heterocycles. The molecule has 15 heavy (non-hydrogen) atoms. The number of Topliss-reactive ketones (excluding diaryl/α,β-unsaturated/α-hetero) is 1. The number of aryl methyl sites for hydroxylation is 1. The molecule has 0 aromatic heterocycles. The van der Waals surface area contributed by atoms with Crippen LogP contribution < -0.4 is 4.74 Å². The van der Waals surface area contributed by atoms with Gasteiger partial charge in [-0.1, -0.05) is 0 Å². The molecule has 1 aromatic carbocycles. The van der Waals surface area contributed by atoms with E-state index in [1.807, 2.05) is 0 Å². The maximum Gasteiger partial charge on any atom is 0.267 e. The van der Waals surface area contributed by atoms with Crippen LogP contribution in [0.15, 0.2) is 12.1 Å². The van der Waals surface area contributed by atoms with Crippen molar-refractivity contribution in [2.24, 2.45) is 0 Å². The normalized spacial score (nSPS) is 10.5. The molecule has 0 saturated carbocycles. The number of carbonyl (C=O) groups excluding carboxylic acids is 1. The lowest BCUT2D eigenvalue weighted by Gasteiger charge is -2.12. The SMILES string of the molecule is COc1c(C)cc(C(C)=O)cc1C(F)F. The highest BCUT2D eigenvalue weighted by Gasteiger charge is 2.18. The van der Waals surface area contributed by atoms with Crippen LogP contribution in [0, 0.1) is 6.92 Å². The summed E-state index contributed by atoms with van der Waals surface area (Å²) in [5.41, 5.74) is 0.590. The molecule has 4 heteroatoms. The molecule has 0 aliphatic carbocycles. The predicted octanol–water partition coefficient (Wildman–Crippen LogP) is 3.14. The number of benzene rings is 1. The molecule has 1 aromatic rings. The van der Waals surface area contributed by atoms with Gasteiger partial charge >= 0.3 is 0 Å². The summed E-state index contributed by atoms with van der Waals surface area (Å²) in [5.74, 6) is -0.0855. The van der Waals surface area contributed by atoms with Crippen LogP contribution in [0.5, 0.6) is 5.75 Å².